The van der Waals surface area contributed by atoms with E-state index in [2.05, 4.69) is 0 Å². The molecule has 1 amide bonds. The van der Waals surface area contributed by atoms with Crippen molar-refractivity contribution in [2.75, 3.05) is 63.0 Å². The third-order valence-corrected chi connectivity index (χ3v) is 7.88. The minimum atomic E-state index is -3.87. The summed E-state index contributed by atoms with van der Waals surface area (Å²) in [4.78, 5) is 14.5. The van der Waals surface area contributed by atoms with Gasteiger partial charge < -0.3 is 14.4 Å². The molecule has 2 saturated heterocycles. The molecule has 0 spiro atoms. The fraction of sp³-hybridized carbons (Fsp3) is 0.708. The van der Waals surface area contributed by atoms with Crippen molar-refractivity contribution in [3.05, 3.63) is 23.8 Å². The van der Waals surface area contributed by atoms with Crippen molar-refractivity contribution < 1.29 is 41.2 Å². The Hall–Kier alpha value is -1.78. The van der Waals surface area contributed by atoms with Crippen LogP contribution in [0.5, 0.6) is 0 Å². The van der Waals surface area contributed by atoms with Gasteiger partial charge in [0.2, 0.25) is 0 Å². The number of ether oxygens (including phenoxy) is 2. The summed E-state index contributed by atoms with van der Waals surface area (Å²) in [5.74, 6) is -1.55. The van der Waals surface area contributed by atoms with Crippen LogP contribution in [0, 0.1) is 11.6 Å². The Morgan fingerprint density at radius 3 is 2.08 bits per heavy atom. The van der Waals surface area contributed by atoms with Crippen LogP contribution in [0.1, 0.15) is 52.4 Å². The monoisotopic (exact) mass is 534 g/mol. The van der Waals surface area contributed by atoms with Crippen molar-refractivity contribution in [3.63, 3.8) is 0 Å². The van der Waals surface area contributed by atoms with Gasteiger partial charge in [0, 0.05) is 32.3 Å². The number of piperidine rings is 1. The second-order valence-corrected chi connectivity index (χ2v) is 10.6. The first-order valence-electron chi connectivity index (χ1n) is 12.5. The highest BCUT2D eigenvalue weighted by atomic mass is 31.2. The average Bonchev–Trinajstić information content (AvgIpc) is 3.26. The molecule has 36 heavy (non-hydrogen) atoms. The van der Waals surface area contributed by atoms with Gasteiger partial charge in [-0.15, -0.1) is 0 Å². The number of anilines is 2. The fourth-order valence-corrected chi connectivity index (χ4v) is 5.86. The number of amides is 1. The van der Waals surface area contributed by atoms with Crippen LogP contribution in [0.3, 0.4) is 0 Å². The first-order chi connectivity index (χ1) is 17.3. The molecular formula is C24H37F2N2O7P. The van der Waals surface area contributed by atoms with Crippen molar-refractivity contribution in [2.24, 2.45) is 0 Å². The summed E-state index contributed by atoms with van der Waals surface area (Å²) in [5, 5.41) is 0. The van der Waals surface area contributed by atoms with E-state index >= 15 is 8.78 Å². The number of cyclic esters (lactones) is 1. The Bertz CT molecular complexity index is 891. The lowest BCUT2D eigenvalue weighted by Crippen LogP contribution is -2.49. The zero-order valence-corrected chi connectivity index (χ0v) is 22.2. The summed E-state index contributed by atoms with van der Waals surface area (Å²) in [7, 11) is -2.36. The summed E-state index contributed by atoms with van der Waals surface area (Å²) in [5.41, 5.74) is -1.07. The minimum absolute atomic E-state index is 0.111. The number of carbonyl (C=O) groups excluding carboxylic acids is 1. The second kappa shape index (κ2) is 13.1. The molecule has 2 aliphatic rings. The van der Waals surface area contributed by atoms with E-state index in [1.807, 2.05) is 13.8 Å². The highest BCUT2D eigenvalue weighted by Crippen LogP contribution is 2.55. The molecule has 12 heteroatoms. The molecule has 204 valence electrons. The SMILES string of the molecule is CCCCOP(=O)(OCCCC)OC1(COC)CCN(c2c(F)cc(N3CCOC3=O)cc2F)CC1. The van der Waals surface area contributed by atoms with E-state index in [0.29, 0.717) is 12.8 Å². The van der Waals surface area contributed by atoms with Gasteiger partial charge in [-0.25, -0.2) is 18.1 Å². The number of phosphoric acid groups is 1. The predicted molar refractivity (Wildman–Crippen MR) is 132 cm³/mol. The molecule has 1 aromatic carbocycles. The van der Waals surface area contributed by atoms with E-state index in [9.17, 15) is 9.36 Å². The highest BCUT2D eigenvalue weighted by Gasteiger charge is 2.44. The topological polar surface area (TPSA) is 86.8 Å². The van der Waals surface area contributed by atoms with E-state index < -0.39 is 31.2 Å². The lowest BCUT2D eigenvalue weighted by molar-refractivity contribution is -0.0548. The molecule has 3 rings (SSSR count). The maximum Gasteiger partial charge on any atom is 0.475 e. The van der Waals surface area contributed by atoms with Gasteiger partial charge in [-0.1, -0.05) is 26.7 Å². The summed E-state index contributed by atoms with van der Waals surface area (Å²) in [6.07, 6.45) is 3.09. The second-order valence-electron chi connectivity index (χ2n) is 9.04. The molecule has 0 aromatic heterocycles. The van der Waals surface area contributed by atoms with Gasteiger partial charge in [-0.2, -0.15) is 0 Å². The van der Waals surface area contributed by atoms with Gasteiger partial charge in [-0.05, 0) is 25.7 Å². The standard InChI is InChI=1S/C24H37F2N2O7P/c1-4-6-13-33-36(30,34-14-7-5-2)35-24(18-31-3)8-10-27(11-9-24)22-20(25)16-19(17-21(22)26)28-12-15-32-23(28)29/h16-17H,4-15,18H2,1-3H3. The molecule has 0 bridgehead atoms. The number of methoxy groups -OCH3 is 1. The molecule has 0 unspecified atom stereocenters. The molecule has 0 aliphatic carbocycles. The van der Waals surface area contributed by atoms with Gasteiger partial charge in [0.1, 0.15) is 17.9 Å². The van der Waals surface area contributed by atoms with Crippen LogP contribution < -0.4 is 9.80 Å². The molecule has 1 aromatic rings. The molecule has 0 radical (unpaired) electrons. The summed E-state index contributed by atoms with van der Waals surface area (Å²) < 4.78 is 71.0. The number of benzene rings is 1. The first-order valence-corrected chi connectivity index (χ1v) is 14.0. The number of unbranched alkanes of at least 4 members (excludes halogenated alkanes) is 2. The third kappa shape index (κ3) is 7.16. The van der Waals surface area contributed by atoms with Crippen LogP contribution in [0.25, 0.3) is 0 Å². The molecule has 2 heterocycles. The average molecular weight is 535 g/mol. The Kier molecular flexibility index (Phi) is 10.5. The van der Waals surface area contributed by atoms with Gasteiger partial charge in [0.15, 0.2) is 11.6 Å². The maximum absolute atomic E-state index is 15.0. The van der Waals surface area contributed by atoms with Crippen molar-refractivity contribution in [3.8, 4) is 0 Å². The molecule has 0 atom stereocenters. The van der Waals surface area contributed by atoms with E-state index in [1.54, 1.807) is 4.90 Å². The number of halogens is 2. The molecule has 2 aliphatic heterocycles. The molecule has 9 nitrogen and oxygen atoms in total. The van der Waals surface area contributed by atoms with E-state index in [1.165, 1.54) is 12.0 Å². The van der Waals surface area contributed by atoms with Crippen LogP contribution in [-0.4, -0.2) is 64.9 Å². The summed E-state index contributed by atoms with van der Waals surface area (Å²) >= 11 is 0. The summed E-state index contributed by atoms with van der Waals surface area (Å²) in [6.45, 7) is 5.46. The van der Waals surface area contributed by atoms with Crippen LogP contribution in [0.15, 0.2) is 12.1 Å². The number of nitrogens with zero attached hydrogens (tertiary/aromatic N) is 2. The first kappa shape index (κ1) is 28.8. The lowest BCUT2D eigenvalue weighted by atomic mass is 9.92. The highest BCUT2D eigenvalue weighted by molar-refractivity contribution is 7.48. The maximum atomic E-state index is 15.0. The van der Waals surface area contributed by atoms with Crippen LogP contribution in [-0.2, 0) is 27.6 Å². The normalized spacial score (nSPS) is 18.1. The third-order valence-electron chi connectivity index (χ3n) is 6.27. The minimum Gasteiger partial charge on any atom is -0.447 e. The Balaban J connectivity index is 1.73. The Labute approximate surface area is 211 Å². The largest absolute Gasteiger partial charge is 0.475 e. The van der Waals surface area contributed by atoms with Crippen molar-refractivity contribution in [1.29, 1.82) is 0 Å². The Morgan fingerprint density at radius 1 is 1.03 bits per heavy atom. The van der Waals surface area contributed by atoms with Gasteiger partial charge in [0.25, 0.3) is 0 Å². The zero-order chi connectivity index (χ0) is 26.2. The Morgan fingerprint density at radius 2 is 1.61 bits per heavy atom. The van der Waals surface area contributed by atoms with E-state index in [4.69, 9.17) is 23.0 Å². The van der Waals surface area contributed by atoms with Crippen molar-refractivity contribution in [2.45, 2.75) is 58.0 Å². The quantitative estimate of drug-likeness (QED) is 0.223. The summed E-state index contributed by atoms with van der Waals surface area (Å²) in [6, 6.07) is 2.27. The molecule has 2 fully saturated rings. The number of hydrogen-bond donors (Lipinski definition) is 0. The number of carbonyl (C=O) groups is 1. The van der Waals surface area contributed by atoms with Crippen molar-refractivity contribution in [1.82, 2.24) is 0 Å². The van der Waals surface area contributed by atoms with Crippen LogP contribution >= 0.6 is 7.82 Å². The van der Waals surface area contributed by atoms with Crippen molar-refractivity contribution >= 4 is 25.3 Å². The van der Waals surface area contributed by atoms with E-state index in [0.717, 1.165) is 25.0 Å². The smallest absolute Gasteiger partial charge is 0.447 e. The zero-order valence-electron chi connectivity index (χ0n) is 21.3. The lowest BCUT2D eigenvalue weighted by Gasteiger charge is -2.42. The van der Waals surface area contributed by atoms with Crippen LogP contribution in [0.4, 0.5) is 25.0 Å². The number of phosphoric ester groups is 1. The van der Waals surface area contributed by atoms with E-state index in [-0.39, 0.29) is 70.3 Å². The number of hydrogen-bond acceptors (Lipinski definition) is 8. The molecule has 0 saturated carbocycles. The molecule has 0 N–H and O–H groups in total. The van der Waals surface area contributed by atoms with Gasteiger partial charge >= 0.3 is 13.9 Å². The predicted octanol–water partition coefficient (Wildman–Crippen LogP) is 5.66. The van der Waals surface area contributed by atoms with Gasteiger partial charge in [-0.3, -0.25) is 18.5 Å². The molecular weight excluding hydrogens is 497 g/mol. The number of rotatable bonds is 14. The fourth-order valence-electron chi connectivity index (χ4n) is 4.27. The van der Waals surface area contributed by atoms with Crippen LogP contribution in [0.2, 0.25) is 0 Å². The van der Waals surface area contributed by atoms with Gasteiger partial charge in [0.05, 0.1) is 32.1 Å².